The second kappa shape index (κ2) is 7.14. The number of fused-ring (bicyclic) bond motifs is 3. The van der Waals surface area contributed by atoms with E-state index in [4.69, 9.17) is 4.74 Å². The van der Waals surface area contributed by atoms with Gasteiger partial charge in [0.1, 0.15) is 0 Å². The molecule has 1 aromatic carbocycles. The number of aromatic carboxylic acids is 1. The highest BCUT2D eigenvalue weighted by atomic mass is 16.6. The maximum Gasteiger partial charge on any atom is 0.410 e. The maximum absolute atomic E-state index is 12.1. The molecule has 3 rings (SSSR count). The topological polar surface area (TPSA) is 92.0 Å². The van der Waals surface area contributed by atoms with Crippen LogP contribution in [0.25, 0.3) is 10.9 Å². The third kappa shape index (κ3) is 3.19. The standard InChI is InChI=1S/C18H22N2O5/c1-2-25-18(24)19-8-6-16-14(11-19)13-10-12(17(22)23)4-5-15(13)20(16)7-3-9-21/h4-5,10,21H,2-3,6-9,11H2,1H3,(H,22,23). The van der Waals surface area contributed by atoms with E-state index in [-0.39, 0.29) is 18.3 Å². The van der Waals surface area contributed by atoms with E-state index in [0.29, 0.717) is 39.1 Å². The molecule has 7 nitrogen and oxygen atoms in total. The second-order valence-corrected chi connectivity index (χ2v) is 6.06. The van der Waals surface area contributed by atoms with Gasteiger partial charge in [0.05, 0.1) is 18.7 Å². The van der Waals surface area contributed by atoms with Crippen molar-refractivity contribution in [2.24, 2.45) is 0 Å². The van der Waals surface area contributed by atoms with Gasteiger partial charge in [-0.05, 0) is 31.5 Å². The van der Waals surface area contributed by atoms with Crippen molar-refractivity contribution in [2.45, 2.75) is 32.9 Å². The summed E-state index contributed by atoms with van der Waals surface area (Å²) in [6.45, 7) is 3.81. The van der Waals surface area contributed by atoms with Gasteiger partial charge in [0.15, 0.2) is 0 Å². The molecule has 1 amide bonds. The van der Waals surface area contributed by atoms with E-state index in [0.717, 1.165) is 22.2 Å². The summed E-state index contributed by atoms with van der Waals surface area (Å²) in [7, 11) is 0. The van der Waals surface area contributed by atoms with Crippen molar-refractivity contribution in [1.82, 2.24) is 9.47 Å². The summed E-state index contributed by atoms with van der Waals surface area (Å²) >= 11 is 0. The molecule has 0 bridgehead atoms. The minimum absolute atomic E-state index is 0.0939. The zero-order valence-corrected chi connectivity index (χ0v) is 14.2. The molecular weight excluding hydrogens is 324 g/mol. The Kier molecular flexibility index (Phi) is 4.94. The number of aliphatic hydroxyl groups is 1. The van der Waals surface area contributed by atoms with Gasteiger partial charge in [-0.15, -0.1) is 0 Å². The number of aryl methyl sites for hydroxylation is 1. The molecule has 2 aromatic rings. The first kappa shape index (κ1) is 17.3. The summed E-state index contributed by atoms with van der Waals surface area (Å²) in [4.78, 5) is 25.0. The lowest BCUT2D eigenvalue weighted by Crippen LogP contribution is -2.36. The number of ether oxygens (including phenoxy) is 1. The Morgan fingerprint density at radius 3 is 2.80 bits per heavy atom. The SMILES string of the molecule is CCOC(=O)N1CCc2c(c3cc(C(=O)O)ccc3n2CCCO)C1. The van der Waals surface area contributed by atoms with Gasteiger partial charge < -0.3 is 24.4 Å². The zero-order chi connectivity index (χ0) is 18.0. The van der Waals surface area contributed by atoms with Gasteiger partial charge in [-0.1, -0.05) is 0 Å². The van der Waals surface area contributed by atoms with E-state index in [2.05, 4.69) is 4.57 Å². The summed E-state index contributed by atoms with van der Waals surface area (Å²) < 4.78 is 7.23. The number of amides is 1. The van der Waals surface area contributed by atoms with Crippen LogP contribution in [0.2, 0.25) is 0 Å². The Bertz CT molecular complexity index is 811. The Hall–Kier alpha value is -2.54. The van der Waals surface area contributed by atoms with Crippen molar-refractivity contribution in [3.8, 4) is 0 Å². The lowest BCUT2D eigenvalue weighted by Gasteiger charge is -2.27. The Morgan fingerprint density at radius 2 is 2.12 bits per heavy atom. The summed E-state index contributed by atoms with van der Waals surface area (Å²) in [5.41, 5.74) is 3.24. The number of carbonyl (C=O) groups is 2. The smallest absolute Gasteiger partial charge is 0.410 e. The van der Waals surface area contributed by atoms with E-state index in [1.807, 2.05) is 6.07 Å². The van der Waals surface area contributed by atoms with Crippen LogP contribution in [-0.4, -0.2) is 51.5 Å². The molecule has 1 aliphatic rings. The lowest BCUT2D eigenvalue weighted by molar-refractivity contribution is 0.0696. The maximum atomic E-state index is 12.1. The van der Waals surface area contributed by atoms with Crippen LogP contribution in [0.5, 0.6) is 0 Å². The zero-order valence-electron chi connectivity index (χ0n) is 14.2. The number of hydrogen-bond acceptors (Lipinski definition) is 4. The number of carbonyl (C=O) groups excluding carboxylic acids is 1. The summed E-state index contributed by atoms with van der Waals surface area (Å²) in [5, 5.41) is 19.3. The molecule has 2 N–H and O–H groups in total. The van der Waals surface area contributed by atoms with Crippen LogP contribution >= 0.6 is 0 Å². The van der Waals surface area contributed by atoms with Crippen LogP contribution in [-0.2, 0) is 24.2 Å². The quantitative estimate of drug-likeness (QED) is 0.866. The third-order valence-electron chi connectivity index (χ3n) is 4.57. The van der Waals surface area contributed by atoms with E-state index >= 15 is 0 Å². The van der Waals surface area contributed by atoms with Crippen molar-refractivity contribution in [3.63, 3.8) is 0 Å². The van der Waals surface area contributed by atoms with Gasteiger partial charge in [0.2, 0.25) is 0 Å². The Labute approximate surface area is 145 Å². The summed E-state index contributed by atoms with van der Waals surface area (Å²) in [6.07, 6.45) is 0.952. The van der Waals surface area contributed by atoms with Gasteiger partial charge in [0, 0.05) is 48.3 Å². The van der Waals surface area contributed by atoms with Crippen LogP contribution in [0.3, 0.4) is 0 Å². The highest BCUT2D eigenvalue weighted by Crippen LogP contribution is 2.32. The largest absolute Gasteiger partial charge is 0.478 e. The van der Waals surface area contributed by atoms with Crippen LogP contribution in [0, 0.1) is 0 Å². The fraction of sp³-hybridized carbons (Fsp3) is 0.444. The number of aliphatic hydroxyl groups excluding tert-OH is 1. The fourth-order valence-electron chi connectivity index (χ4n) is 3.44. The first-order valence-corrected chi connectivity index (χ1v) is 8.46. The van der Waals surface area contributed by atoms with Crippen LogP contribution in [0.15, 0.2) is 18.2 Å². The predicted molar refractivity (Wildman–Crippen MR) is 91.7 cm³/mol. The molecular formula is C18H22N2O5. The molecule has 0 saturated carbocycles. The molecule has 0 atom stereocenters. The third-order valence-corrected chi connectivity index (χ3v) is 4.57. The molecule has 1 aliphatic heterocycles. The highest BCUT2D eigenvalue weighted by molar-refractivity contribution is 5.95. The number of rotatable bonds is 5. The number of carboxylic acids is 1. The molecule has 0 fully saturated rings. The molecule has 134 valence electrons. The van der Waals surface area contributed by atoms with E-state index in [1.165, 1.54) is 0 Å². The van der Waals surface area contributed by atoms with Crippen LogP contribution in [0.1, 0.15) is 35.0 Å². The van der Waals surface area contributed by atoms with Gasteiger partial charge in [0.25, 0.3) is 0 Å². The van der Waals surface area contributed by atoms with Crippen molar-refractivity contribution in [1.29, 1.82) is 0 Å². The number of carboxylic acid groups (broad SMARTS) is 1. The molecule has 1 aromatic heterocycles. The van der Waals surface area contributed by atoms with Crippen molar-refractivity contribution in [2.75, 3.05) is 19.8 Å². The molecule has 0 spiro atoms. The van der Waals surface area contributed by atoms with Crippen molar-refractivity contribution >= 4 is 23.0 Å². The van der Waals surface area contributed by atoms with Gasteiger partial charge in [-0.2, -0.15) is 0 Å². The van der Waals surface area contributed by atoms with Crippen LogP contribution in [0.4, 0.5) is 4.79 Å². The first-order chi connectivity index (χ1) is 12.1. The molecule has 0 radical (unpaired) electrons. The fourth-order valence-corrected chi connectivity index (χ4v) is 3.44. The summed E-state index contributed by atoms with van der Waals surface area (Å²) in [5.74, 6) is -0.975. The number of hydrogen-bond donors (Lipinski definition) is 2. The summed E-state index contributed by atoms with van der Waals surface area (Å²) in [6, 6.07) is 5.07. The minimum atomic E-state index is -0.975. The Morgan fingerprint density at radius 1 is 1.32 bits per heavy atom. The lowest BCUT2D eigenvalue weighted by atomic mass is 10.0. The average Bonchev–Trinajstić information content (AvgIpc) is 2.92. The van der Waals surface area contributed by atoms with E-state index < -0.39 is 5.97 Å². The number of nitrogens with zero attached hydrogens (tertiary/aromatic N) is 2. The van der Waals surface area contributed by atoms with Crippen molar-refractivity contribution in [3.05, 3.63) is 35.0 Å². The normalized spacial score (nSPS) is 13.8. The first-order valence-electron chi connectivity index (χ1n) is 8.46. The second-order valence-electron chi connectivity index (χ2n) is 6.06. The monoisotopic (exact) mass is 346 g/mol. The highest BCUT2D eigenvalue weighted by Gasteiger charge is 2.27. The van der Waals surface area contributed by atoms with Gasteiger partial charge in [-0.3, -0.25) is 0 Å². The molecule has 7 heteroatoms. The molecule has 0 aliphatic carbocycles. The van der Waals surface area contributed by atoms with Gasteiger partial charge >= 0.3 is 12.1 Å². The number of aromatic nitrogens is 1. The molecule has 0 saturated heterocycles. The van der Waals surface area contributed by atoms with Crippen LogP contribution < -0.4 is 0 Å². The Balaban J connectivity index is 2.07. The molecule has 0 unspecified atom stereocenters. The average molecular weight is 346 g/mol. The minimum Gasteiger partial charge on any atom is -0.478 e. The van der Waals surface area contributed by atoms with E-state index in [1.54, 1.807) is 24.0 Å². The van der Waals surface area contributed by atoms with Crippen molar-refractivity contribution < 1.29 is 24.5 Å². The molecule has 25 heavy (non-hydrogen) atoms. The predicted octanol–water partition coefficient (Wildman–Crippen LogP) is 2.24. The number of benzene rings is 1. The van der Waals surface area contributed by atoms with E-state index in [9.17, 15) is 19.8 Å². The molecule has 2 heterocycles. The van der Waals surface area contributed by atoms with Gasteiger partial charge in [-0.25, -0.2) is 9.59 Å².